The molecule has 0 aliphatic heterocycles. The minimum Gasteiger partial charge on any atom is -0.472 e. The molecule has 0 aliphatic carbocycles. The first kappa shape index (κ1) is 15.3. The molecule has 2 rings (SSSR count). The van der Waals surface area contributed by atoms with Gasteiger partial charge in [0.1, 0.15) is 5.69 Å². The number of aliphatic hydroxyl groups excluding tert-OH is 1. The van der Waals surface area contributed by atoms with Gasteiger partial charge in [-0.1, -0.05) is 19.9 Å². The highest BCUT2D eigenvalue weighted by Gasteiger charge is 2.16. The average Bonchev–Trinajstić information content (AvgIpc) is 2.99. The first-order valence-electron chi connectivity index (χ1n) is 7.00. The highest BCUT2D eigenvalue weighted by molar-refractivity contribution is 5.92. The van der Waals surface area contributed by atoms with Crippen LogP contribution in [0.2, 0.25) is 0 Å². The van der Waals surface area contributed by atoms with Crippen molar-refractivity contribution in [1.29, 1.82) is 0 Å². The summed E-state index contributed by atoms with van der Waals surface area (Å²) < 4.78 is 4.98. The van der Waals surface area contributed by atoms with Crippen LogP contribution in [0.15, 0.2) is 41.2 Å². The van der Waals surface area contributed by atoms with Crippen molar-refractivity contribution in [3.63, 3.8) is 0 Å². The topological polar surface area (TPSA) is 75.4 Å². The van der Waals surface area contributed by atoms with Crippen LogP contribution in [-0.2, 0) is 6.42 Å². The highest BCUT2D eigenvalue weighted by Crippen LogP contribution is 2.12. The van der Waals surface area contributed by atoms with Crippen molar-refractivity contribution in [2.75, 3.05) is 6.61 Å². The van der Waals surface area contributed by atoms with Crippen molar-refractivity contribution in [2.24, 2.45) is 0 Å². The number of furan rings is 1. The lowest BCUT2D eigenvalue weighted by Gasteiger charge is -2.15. The largest absolute Gasteiger partial charge is 0.472 e. The summed E-state index contributed by atoms with van der Waals surface area (Å²) >= 11 is 0. The first-order chi connectivity index (χ1) is 10.1. The Morgan fingerprint density at radius 1 is 1.38 bits per heavy atom. The molecule has 2 N–H and O–H groups in total. The minimum absolute atomic E-state index is 0.138. The van der Waals surface area contributed by atoms with Gasteiger partial charge < -0.3 is 14.8 Å². The van der Waals surface area contributed by atoms with Crippen molar-refractivity contribution in [3.8, 4) is 0 Å². The number of hydrogen-bond acceptors (Lipinski definition) is 4. The lowest BCUT2D eigenvalue weighted by molar-refractivity contribution is 0.0911. The van der Waals surface area contributed by atoms with Crippen molar-refractivity contribution in [3.05, 3.63) is 53.7 Å². The van der Waals surface area contributed by atoms with Crippen LogP contribution in [0.4, 0.5) is 0 Å². The third-order valence-corrected chi connectivity index (χ3v) is 3.21. The molecule has 0 saturated heterocycles. The van der Waals surface area contributed by atoms with Gasteiger partial charge in [0.15, 0.2) is 0 Å². The summed E-state index contributed by atoms with van der Waals surface area (Å²) in [6, 6.07) is 6.84. The van der Waals surface area contributed by atoms with Crippen LogP contribution in [0.1, 0.15) is 41.5 Å². The molecular formula is C16H20N2O3. The maximum atomic E-state index is 12.2. The molecular weight excluding hydrogens is 268 g/mol. The summed E-state index contributed by atoms with van der Waals surface area (Å²) in [5.41, 5.74) is 2.17. The normalized spacial score (nSPS) is 12.4. The predicted octanol–water partition coefficient (Wildman–Crippen LogP) is 2.13. The monoisotopic (exact) mass is 288 g/mol. The van der Waals surface area contributed by atoms with Crippen LogP contribution in [-0.4, -0.2) is 28.6 Å². The standard InChI is InChI=1S/C16H20N2O3/c1-11(2)14-4-3-5-15(18-14)16(20)17-13(9-19)8-12-6-7-21-10-12/h3-7,10-11,13,19H,8-9H2,1-2H3,(H,17,20). The number of hydrogen-bond donors (Lipinski definition) is 2. The molecule has 0 saturated carbocycles. The van der Waals surface area contributed by atoms with Crippen molar-refractivity contribution in [1.82, 2.24) is 10.3 Å². The molecule has 1 unspecified atom stereocenters. The Hall–Kier alpha value is -2.14. The van der Waals surface area contributed by atoms with Gasteiger partial charge in [0.05, 0.1) is 25.2 Å². The van der Waals surface area contributed by atoms with Gasteiger partial charge in [0.2, 0.25) is 0 Å². The average molecular weight is 288 g/mol. The quantitative estimate of drug-likeness (QED) is 0.854. The Balaban J connectivity index is 2.03. The maximum absolute atomic E-state index is 12.2. The Bertz CT molecular complexity index is 579. The zero-order valence-corrected chi connectivity index (χ0v) is 12.2. The second kappa shape index (κ2) is 7.04. The van der Waals surface area contributed by atoms with Gasteiger partial charge in [-0.2, -0.15) is 0 Å². The minimum atomic E-state index is -0.361. The lowest BCUT2D eigenvalue weighted by Crippen LogP contribution is -2.39. The molecule has 21 heavy (non-hydrogen) atoms. The summed E-state index contributed by atoms with van der Waals surface area (Å²) in [6.45, 7) is 3.92. The van der Waals surface area contributed by atoms with Crippen LogP contribution < -0.4 is 5.32 Å². The van der Waals surface area contributed by atoms with Crippen molar-refractivity contribution < 1.29 is 14.3 Å². The molecule has 0 aromatic carbocycles. The fraction of sp³-hybridized carbons (Fsp3) is 0.375. The Morgan fingerprint density at radius 3 is 2.81 bits per heavy atom. The molecule has 2 heterocycles. The van der Waals surface area contributed by atoms with E-state index < -0.39 is 0 Å². The van der Waals surface area contributed by atoms with E-state index in [0.717, 1.165) is 11.3 Å². The third kappa shape index (κ3) is 4.16. The molecule has 5 nitrogen and oxygen atoms in total. The Kier molecular flexibility index (Phi) is 5.11. The number of carbonyl (C=O) groups is 1. The fourth-order valence-corrected chi connectivity index (χ4v) is 2.01. The molecule has 112 valence electrons. The molecule has 2 aromatic rings. The molecule has 1 atom stereocenters. The SMILES string of the molecule is CC(C)c1cccc(C(=O)NC(CO)Cc2ccoc2)n1. The zero-order valence-electron chi connectivity index (χ0n) is 12.2. The van der Waals surface area contributed by atoms with Gasteiger partial charge in [-0.3, -0.25) is 4.79 Å². The number of pyridine rings is 1. The van der Waals surface area contributed by atoms with E-state index in [9.17, 15) is 9.90 Å². The molecule has 0 spiro atoms. The van der Waals surface area contributed by atoms with Gasteiger partial charge in [-0.25, -0.2) is 4.98 Å². The Labute approximate surface area is 124 Å². The number of carbonyl (C=O) groups excluding carboxylic acids is 1. The van der Waals surface area contributed by atoms with Gasteiger partial charge in [0, 0.05) is 5.69 Å². The smallest absolute Gasteiger partial charge is 0.270 e. The number of nitrogens with one attached hydrogen (secondary N) is 1. The van der Waals surface area contributed by atoms with Gasteiger partial charge >= 0.3 is 0 Å². The molecule has 5 heteroatoms. The summed E-state index contributed by atoms with van der Waals surface area (Å²) in [6.07, 6.45) is 3.69. The van der Waals surface area contributed by atoms with Crippen LogP contribution in [0, 0.1) is 0 Å². The van der Waals surface area contributed by atoms with E-state index >= 15 is 0 Å². The number of aromatic nitrogens is 1. The van der Waals surface area contributed by atoms with Crippen molar-refractivity contribution in [2.45, 2.75) is 32.2 Å². The number of aliphatic hydroxyl groups is 1. The van der Waals surface area contributed by atoms with E-state index in [1.807, 2.05) is 32.0 Å². The second-order valence-corrected chi connectivity index (χ2v) is 5.29. The van der Waals surface area contributed by atoms with Gasteiger partial charge in [-0.05, 0) is 36.1 Å². The Morgan fingerprint density at radius 2 is 2.19 bits per heavy atom. The van der Waals surface area contributed by atoms with E-state index in [1.54, 1.807) is 18.6 Å². The zero-order chi connectivity index (χ0) is 15.2. The van der Waals surface area contributed by atoms with E-state index in [2.05, 4.69) is 10.3 Å². The number of nitrogens with zero attached hydrogens (tertiary/aromatic N) is 1. The summed E-state index contributed by atoms with van der Waals surface area (Å²) in [7, 11) is 0. The second-order valence-electron chi connectivity index (χ2n) is 5.29. The summed E-state index contributed by atoms with van der Waals surface area (Å²) in [5.74, 6) is -0.0163. The molecule has 0 radical (unpaired) electrons. The predicted molar refractivity (Wildman–Crippen MR) is 79.1 cm³/mol. The van der Waals surface area contributed by atoms with E-state index in [1.165, 1.54) is 0 Å². The van der Waals surface area contributed by atoms with Crippen LogP contribution >= 0.6 is 0 Å². The fourth-order valence-electron chi connectivity index (χ4n) is 2.01. The third-order valence-electron chi connectivity index (χ3n) is 3.21. The molecule has 2 aromatic heterocycles. The number of rotatable bonds is 6. The highest BCUT2D eigenvalue weighted by atomic mass is 16.3. The van der Waals surface area contributed by atoms with Gasteiger partial charge in [0.25, 0.3) is 5.91 Å². The molecule has 0 fully saturated rings. The number of amides is 1. The summed E-state index contributed by atoms with van der Waals surface area (Å²) in [5, 5.41) is 12.2. The van der Waals surface area contributed by atoms with E-state index in [-0.39, 0.29) is 24.5 Å². The molecule has 0 aliphatic rings. The molecule has 0 bridgehead atoms. The first-order valence-corrected chi connectivity index (χ1v) is 7.00. The van der Waals surface area contributed by atoms with Crippen LogP contribution in [0.5, 0.6) is 0 Å². The van der Waals surface area contributed by atoms with Crippen LogP contribution in [0.3, 0.4) is 0 Å². The maximum Gasteiger partial charge on any atom is 0.270 e. The lowest BCUT2D eigenvalue weighted by atomic mass is 10.1. The van der Waals surface area contributed by atoms with Crippen LogP contribution in [0.25, 0.3) is 0 Å². The van der Waals surface area contributed by atoms with E-state index in [4.69, 9.17) is 4.42 Å². The molecule has 1 amide bonds. The summed E-state index contributed by atoms with van der Waals surface area (Å²) in [4.78, 5) is 16.6. The van der Waals surface area contributed by atoms with E-state index in [0.29, 0.717) is 12.1 Å². The van der Waals surface area contributed by atoms with Gasteiger partial charge in [-0.15, -0.1) is 0 Å². The van der Waals surface area contributed by atoms with Crippen molar-refractivity contribution >= 4 is 5.91 Å².